The van der Waals surface area contributed by atoms with Crippen LogP contribution < -0.4 is 21.3 Å². The number of anilines is 1. The molecule has 0 bridgehead atoms. The summed E-state index contributed by atoms with van der Waals surface area (Å²) in [5, 5.41) is 11.0. The Morgan fingerprint density at radius 1 is 0.894 bits per heavy atom. The number of hydrogen-bond donors (Lipinski definition) is 4. The number of benzene rings is 2. The van der Waals surface area contributed by atoms with Gasteiger partial charge in [-0.25, -0.2) is 9.59 Å². The topological polar surface area (TPSA) is 155 Å². The van der Waals surface area contributed by atoms with Gasteiger partial charge in [0.15, 0.2) is 0 Å². The molecule has 1 heterocycles. The molecule has 2 aromatic rings. The zero-order valence-electron chi connectivity index (χ0n) is 28.7. The smallest absolute Gasteiger partial charge is 0.411 e. The Morgan fingerprint density at radius 2 is 1.55 bits per heavy atom. The van der Waals surface area contributed by atoms with E-state index >= 15 is 0 Å². The van der Waals surface area contributed by atoms with E-state index in [2.05, 4.69) is 21.3 Å². The van der Waals surface area contributed by atoms with Crippen molar-refractivity contribution in [3.8, 4) is 0 Å². The molecule has 47 heavy (non-hydrogen) atoms. The Labute approximate surface area is 277 Å². The average Bonchev–Trinajstić information content (AvgIpc) is 3.39. The lowest BCUT2D eigenvalue weighted by atomic mass is 10.0. The van der Waals surface area contributed by atoms with Gasteiger partial charge in [0.1, 0.15) is 29.8 Å². The van der Waals surface area contributed by atoms with Crippen LogP contribution in [-0.4, -0.2) is 77.2 Å². The lowest BCUT2D eigenvalue weighted by molar-refractivity contribution is -0.129. The van der Waals surface area contributed by atoms with Crippen molar-refractivity contribution < 1.29 is 33.4 Å². The first kappa shape index (κ1) is 36.9. The van der Waals surface area contributed by atoms with Gasteiger partial charge in [0.25, 0.3) is 0 Å². The van der Waals surface area contributed by atoms with Crippen LogP contribution in [0, 0.1) is 13.8 Å². The van der Waals surface area contributed by atoms with E-state index < -0.39 is 59.2 Å². The fourth-order valence-electron chi connectivity index (χ4n) is 5.00. The maximum atomic E-state index is 13.9. The van der Waals surface area contributed by atoms with Crippen molar-refractivity contribution in [1.82, 2.24) is 20.9 Å². The maximum absolute atomic E-state index is 13.9. The minimum atomic E-state index is -1.03. The highest BCUT2D eigenvalue weighted by atomic mass is 16.6. The van der Waals surface area contributed by atoms with Crippen LogP contribution in [-0.2, 0) is 30.3 Å². The van der Waals surface area contributed by atoms with Crippen LogP contribution in [0.2, 0.25) is 0 Å². The van der Waals surface area contributed by atoms with Crippen LogP contribution >= 0.6 is 0 Å². The molecule has 12 heteroatoms. The van der Waals surface area contributed by atoms with E-state index in [0.717, 1.165) is 16.7 Å². The molecule has 3 atom stereocenters. The van der Waals surface area contributed by atoms with Gasteiger partial charge >= 0.3 is 12.2 Å². The molecular weight excluding hydrogens is 602 g/mol. The van der Waals surface area contributed by atoms with Crippen LogP contribution in [0.4, 0.5) is 15.3 Å². The SMILES string of the molecule is Cc1ccc(NC(=O)[C@@H](CCc2ccccc2)NC(=O)[C@@H]2C[C@@H](NC(=O)CNC(=O)OC(C)(C)C)CN2C(=O)OC(C)(C)C)cc1C. The van der Waals surface area contributed by atoms with Crippen molar-refractivity contribution in [2.24, 2.45) is 0 Å². The first-order valence-electron chi connectivity index (χ1n) is 15.9. The summed E-state index contributed by atoms with van der Waals surface area (Å²) in [5.74, 6) is -1.45. The number of carbonyl (C=O) groups is 5. The predicted octanol–water partition coefficient (Wildman–Crippen LogP) is 4.38. The summed E-state index contributed by atoms with van der Waals surface area (Å²) >= 11 is 0. The Kier molecular flexibility index (Phi) is 12.4. The number of hydrogen-bond acceptors (Lipinski definition) is 7. The van der Waals surface area contributed by atoms with Crippen molar-refractivity contribution in [3.05, 3.63) is 65.2 Å². The van der Waals surface area contributed by atoms with E-state index in [9.17, 15) is 24.0 Å². The first-order valence-corrected chi connectivity index (χ1v) is 15.9. The van der Waals surface area contributed by atoms with Crippen molar-refractivity contribution in [3.63, 3.8) is 0 Å². The normalized spacial score (nSPS) is 16.9. The van der Waals surface area contributed by atoms with E-state index in [4.69, 9.17) is 9.47 Å². The minimum absolute atomic E-state index is 0.00526. The summed E-state index contributed by atoms with van der Waals surface area (Å²) < 4.78 is 10.7. The monoisotopic (exact) mass is 651 g/mol. The van der Waals surface area contributed by atoms with Crippen LogP contribution in [0.1, 0.15) is 71.1 Å². The zero-order valence-corrected chi connectivity index (χ0v) is 28.7. The molecule has 0 spiro atoms. The Bertz CT molecular complexity index is 1430. The number of aryl methyl sites for hydroxylation is 3. The van der Waals surface area contributed by atoms with Crippen molar-refractivity contribution in [2.45, 2.75) is 104 Å². The molecule has 3 rings (SSSR count). The Hall–Kier alpha value is -4.61. The molecule has 256 valence electrons. The lowest BCUT2D eigenvalue weighted by Crippen LogP contribution is -2.52. The van der Waals surface area contributed by atoms with Gasteiger partial charge in [-0.2, -0.15) is 0 Å². The number of nitrogens with one attached hydrogen (secondary N) is 4. The third-order valence-corrected chi connectivity index (χ3v) is 7.36. The minimum Gasteiger partial charge on any atom is -0.444 e. The third-order valence-electron chi connectivity index (χ3n) is 7.36. The molecule has 0 radical (unpaired) electrons. The number of ether oxygens (including phenoxy) is 2. The summed E-state index contributed by atoms with van der Waals surface area (Å²) in [6.07, 6.45) is -0.556. The van der Waals surface area contributed by atoms with Crippen LogP contribution in [0.25, 0.3) is 0 Å². The Balaban J connectivity index is 1.76. The molecule has 0 aliphatic carbocycles. The average molecular weight is 652 g/mol. The quantitative estimate of drug-likeness (QED) is 0.297. The molecule has 0 saturated carbocycles. The fraction of sp³-hybridized carbons (Fsp3) is 0.514. The molecule has 1 aliphatic rings. The second-order valence-corrected chi connectivity index (χ2v) is 13.9. The number of amides is 5. The Morgan fingerprint density at radius 3 is 2.17 bits per heavy atom. The summed E-state index contributed by atoms with van der Waals surface area (Å²) in [4.78, 5) is 66.6. The van der Waals surface area contributed by atoms with E-state index in [1.54, 1.807) is 41.5 Å². The highest BCUT2D eigenvalue weighted by Gasteiger charge is 2.43. The molecule has 12 nitrogen and oxygen atoms in total. The molecule has 5 amide bonds. The van der Waals surface area contributed by atoms with Gasteiger partial charge < -0.3 is 30.7 Å². The highest BCUT2D eigenvalue weighted by Crippen LogP contribution is 2.23. The van der Waals surface area contributed by atoms with E-state index in [0.29, 0.717) is 18.5 Å². The third kappa shape index (κ3) is 12.3. The van der Waals surface area contributed by atoms with Gasteiger partial charge in [-0.1, -0.05) is 36.4 Å². The van der Waals surface area contributed by atoms with Gasteiger partial charge in [0.2, 0.25) is 17.7 Å². The number of carbonyl (C=O) groups excluding carboxylic acids is 5. The molecular formula is C35H49N5O7. The van der Waals surface area contributed by atoms with Crippen molar-refractivity contribution in [2.75, 3.05) is 18.4 Å². The van der Waals surface area contributed by atoms with E-state index in [1.807, 2.05) is 62.4 Å². The molecule has 0 aromatic heterocycles. The van der Waals surface area contributed by atoms with Gasteiger partial charge in [0, 0.05) is 18.3 Å². The second-order valence-electron chi connectivity index (χ2n) is 13.9. The standard InChI is InChI=1S/C35H49N5O7/c1-22-14-16-25(18-23(22)2)38-30(42)27(17-15-24-12-10-9-11-13-24)39-31(43)28-19-26(21-40(28)33(45)47-35(6,7)8)37-29(41)20-36-32(44)46-34(3,4)5/h9-14,16,18,26-28H,15,17,19-21H2,1-8H3,(H,36,44)(H,37,41)(H,38,42)(H,39,43)/t26-,27-,28+/m1/s1. The second kappa shape index (κ2) is 15.8. The zero-order chi connectivity index (χ0) is 34.9. The van der Waals surface area contributed by atoms with Gasteiger partial charge in [-0.05, 0) is 103 Å². The number of likely N-dealkylation sites (tertiary alicyclic amines) is 1. The first-order chi connectivity index (χ1) is 21.9. The number of rotatable bonds is 10. The van der Waals surface area contributed by atoms with Crippen LogP contribution in [0.3, 0.4) is 0 Å². The largest absolute Gasteiger partial charge is 0.444 e. The van der Waals surface area contributed by atoms with E-state index in [-0.39, 0.29) is 19.5 Å². The van der Waals surface area contributed by atoms with Crippen LogP contribution in [0.15, 0.2) is 48.5 Å². The molecule has 4 N–H and O–H groups in total. The summed E-state index contributed by atoms with van der Waals surface area (Å²) in [5.41, 5.74) is 2.15. The van der Waals surface area contributed by atoms with Gasteiger partial charge in [-0.15, -0.1) is 0 Å². The molecule has 2 aromatic carbocycles. The molecule has 1 saturated heterocycles. The van der Waals surface area contributed by atoms with Crippen molar-refractivity contribution >= 4 is 35.6 Å². The summed E-state index contributed by atoms with van der Waals surface area (Å²) in [6.45, 7) is 13.9. The number of alkyl carbamates (subject to hydrolysis) is 1. The van der Waals surface area contributed by atoms with Gasteiger partial charge in [-0.3, -0.25) is 19.3 Å². The fourth-order valence-corrected chi connectivity index (χ4v) is 5.00. The van der Waals surface area contributed by atoms with Crippen molar-refractivity contribution in [1.29, 1.82) is 0 Å². The molecule has 1 fully saturated rings. The summed E-state index contributed by atoms with van der Waals surface area (Å²) in [7, 11) is 0. The molecule has 1 aliphatic heterocycles. The summed E-state index contributed by atoms with van der Waals surface area (Å²) in [6, 6.07) is 12.7. The highest BCUT2D eigenvalue weighted by molar-refractivity contribution is 5.98. The number of nitrogens with zero attached hydrogens (tertiary/aromatic N) is 1. The molecule has 0 unspecified atom stereocenters. The lowest BCUT2D eigenvalue weighted by Gasteiger charge is -2.29. The van der Waals surface area contributed by atoms with Crippen LogP contribution in [0.5, 0.6) is 0 Å². The van der Waals surface area contributed by atoms with Gasteiger partial charge in [0.05, 0.1) is 0 Å². The van der Waals surface area contributed by atoms with E-state index in [1.165, 1.54) is 4.90 Å². The maximum Gasteiger partial charge on any atom is 0.411 e. The predicted molar refractivity (Wildman–Crippen MR) is 179 cm³/mol.